The molecular weight excluding hydrogens is 286 g/mol. The summed E-state index contributed by atoms with van der Waals surface area (Å²) in [5.41, 5.74) is 1.33. The normalized spacial score (nSPS) is 35.5. The number of carbonyl (C=O) groups is 1. The van der Waals surface area contributed by atoms with Gasteiger partial charge in [0.1, 0.15) is 6.10 Å². The molecule has 1 saturated carbocycles. The Kier molecular flexibility index (Phi) is 3.40. The number of ether oxygens (including phenoxy) is 1. The molecule has 0 saturated heterocycles. The first-order valence-electron chi connectivity index (χ1n) is 8.65. The second-order valence-corrected chi connectivity index (χ2v) is 7.39. The Morgan fingerprint density at radius 3 is 2.52 bits per heavy atom. The highest BCUT2D eigenvalue weighted by atomic mass is 16.5. The average Bonchev–Trinajstić information content (AvgIpc) is 2.58. The molecule has 1 aliphatic heterocycles. The molecule has 3 heteroatoms. The van der Waals surface area contributed by atoms with Crippen LogP contribution in [0.3, 0.4) is 0 Å². The Morgan fingerprint density at radius 1 is 1.17 bits per heavy atom. The summed E-state index contributed by atoms with van der Waals surface area (Å²) < 4.78 is 5.96. The number of hydrogen-bond acceptors (Lipinski definition) is 3. The summed E-state index contributed by atoms with van der Waals surface area (Å²) in [5, 5.41) is 0. The SMILES string of the molecule is CC(C)[C@@H]1OC(=O)[C@]2(CC3C=CC2CC3)N=C1c1ccccc1. The molecule has 2 bridgehead atoms. The van der Waals surface area contributed by atoms with Gasteiger partial charge in [0.15, 0.2) is 5.54 Å². The van der Waals surface area contributed by atoms with Gasteiger partial charge in [-0.05, 0) is 36.7 Å². The second-order valence-electron chi connectivity index (χ2n) is 7.39. The van der Waals surface area contributed by atoms with E-state index in [1.165, 1.54) is 6.42 Å². The van der Waals surface area contributed by atoms with Crippen LogP contribution in [0, 0.1) is 17.8 Å². The lowest BCUT2D eigenvalue weighted by Crippen LogP contribution is -2.56. The molecule has 4 atom stereocenters. The van der Waals surface area contributed by atoms with Crippen LogP contribution >= 0.6 is 0 Å². The summed E-state index contributed by atoms with van der Waals surface area (Å²) in [6.07, 6.45) is 7.21. The fraction of sp³-hybridized carbons (Fsp3) is 0.500. The Balaban J connectivity index is 1.84. The van der Waals surface area contributed by atoms with Crippen molar-refractivity contribution < 1.29 is 9.53 Å². The van der Waals surface area contributed by atoms with E-state index < -0.39 is 5.54 Å². The molecule has 23 heavy (non-hydrogen) atoms. The van der Waals surface area contributed by atoms with Crippen LogP contribution in [0.4, 0.5) is 0 Å². The number of aliphatic imine (C=N–C) groups is 1. The molecule has 3 aliphatic carbocycles. The first kappa shape index (κ1) is 14.7. The van der Waals surface area contributed by atoms with Crippen molar-refractivity contribution in [1.82, 2.24) is 0 Å². The van der Waals surface area contributed by atoms with Crippen molar-refractivity contribution >= 4 is 11.7 Å². The molecule has 1 fully saturated rings. The van der Waals surface area contributed by atoms with Crippen LogP contribution in [0.2, 0.25) is 0 Å². The fourth-order valence-corrected chi connectivity index (χ4v) is 4.25. The van der Waals surface area contributed by atoms with E-state index in [2.05, 4.69) is 38.1 Å². The van der Waals surface area contributed by atoms with Crippen molar-refractivity contribution in [1.29, 1.82) is 0 Å². The van der Waals surface area contributed by atoms with E-state index >= 15 is 0 Å². The van der Waals surface area contributed by atoms with Crippen LogP contribution in [-0.2, 0) is 9.53 Å². The van der Waals surface area contributed by atoms with E-state index in [0.29, 0.717) is 5.92 Å². The van der Waals surface area contributed by atoms with Crippen LogP contribution in [0.5, 0.6) is 0 Å². The monoisotopic (exact) mass is 309 g/mol. The van der Waals surface area contributed by atoms with E-state index in [1.54, 1.807) is 0 Å². The van der Waals surface area contributed by atoms with E-state index in [4.69, 9.17) is 9.73 Å². The maximum absolute atomic E-state index is 12.9. The Labute approximate surface area is 137 Å². The maximum Gasteiger partial charge on any atom is 0.335 e. The smallest absolute Gasteiger partial charge is 0.335 e. The molecular formula is C20H23NO2. The van der Waals surface area contributed by atoms with Gasteiger partial charge in [-0.25, -0.2) is 4.79 Å². The summed E-state index contributed by atoms with van der Waals surface area (Å²) in [4.78, 5) is 18.0. The summed E-state index contributed by atoms with van der Waals surface area (Å²) in [7, 11) is 0. The fourth-order valence-electron chi connectivity index (χ4n) is 4.25. The van der Waals surface area contributed by atoms with Crippen LogP contribution in [0.1, 0.15) is 38.7 Å². The number of nitrogens with zero attached hydrogens (tertiary/aromatic N) is 1. The van der Waals surface area contributed by atoms with Crippen LogP contribution < -0.4 is 0 Å². The number of rotatable bonds is 2. The molecule has 0 radical (unpaired) electrons. The van der Waals surface area contributed by atoms with Gasteiger partial charge in [-0.2, -0.15) is 0 Å². The minimum absolute atomic E-state index is 0.116. The lowest BCUT2D eigenvalue weighted by Gasteiger charge is -2.47. The summed E-state index contributed by atoms with van der Waals surface area (Å²) in [6.45, 7) is 4.17. The Bertz CT molecular complexity index is 676. The highest BCUT2D eigenvalue weighted by Gasteiger charge is 2.55. The van der Waals surface area contributed by atoms with Crippen molar-refractivity contribution in [2.24, 2.45) is 22.7 Å². The molecule has 1 aromatic carbocycles. The van der Waals surface area contributed by atoms with Crippen LogP contribution in [-0.4, -0.2) is 23.3 Å². The van der Waals surface area contributed by atoms with Gasteiger partial charge in [0, 0.05) is 5.92 Å². The minimum Gasteiger partial charge on any atom is -0.454 e. The van der Waals surface area contributed by atoms with E-state index in [0.717, 1.165) is 24.1 Å². The number of hydrogen-bond donors (Lipinski definition) is 0. The quantitative estimate of drug-likeness (QED) is 0.616. The molecule has 120 valence electrons. The Morgan fingerprint density at radius 2 is 1.96 bits per heavy atom. The molecule has 1 aromatic rings. The van der Waals surface area contributed by atoms with E-state index in [9.17, 15) is 4.79 Å². The average molecular weight is 309 g/mol. The van der Waals surface area contributed by atoms with Crippen molar-refractivity contribution in [3.8, 4) is 0 Å². The predicted octanol–water partition coefficient (Wildman–Crippen LogP) is 3.78. The minimum atomic E-state index is -0.686. The third-order valence-electron chi connectivity index (χ3n) is 5.50. The van der Waals surface area contributed by atoms with Gasteiger partial charge in [0.25, 0.3) is 0 Å². The van der Waals surface area contributed by atoms with Gasteiger partial charge in [-0.1, -0.05) is 56.3 Å². The zero-order valence-electron chi connectivity index (χ0n) is 13.7. The highest BCUT2D eigenvalue weighted by Crippen LogP contribution is 2.48. The van der Waals surface area contributed by atoms with Gasteiger partial charge >= 0.3 is 5.97 Å². The lowest BCUT2D eigenvalue weighted by molar-refractivity contribution is -0.160. The molecule has 2 unspecified atom stereocenters. The lowest BCUT2D eigenvalue weighted by atomic mass is 9.64. The highest BCUT2D eigenvalue weighted by molar-refractivity contribution is 6.08. The van der Waals surface area contributed by atoms with E-state index in [-0.39, 0.29) is 23.9 Å². The molecule has 1 spiro atoms. The predicted molar refractivity (Wildman–Crippen MR) is 90.4 cm³/mol. The van der Waals surface area contributed by atoms with Crippen LogP contribution in [0.15, 0.2) is 47.5 Å². The third-order valence-corrected chi connectivity index (χ3v) is 5.50. The second kappa shape index (κ2) is 5.33. The maximum atomic E-state index is 12.9. The molecule has 0 aromatic heterocycles. The van der Waals surface area contributed by atoms with Crippen LogP contribution in [0.25, 0.3) is 0 Å². The first-order chi connectivity index (χ1) is 11.1. The largest absolute Gasteiger partial charge is 0.454 e. The summed E-state index contributed by atoms with van der Waals surface area (Å²) in [5.74, 6) is 0.747. The molecule has 1 heterocycles. The van der Waals surface area contributed by atoms with Gasteiger partial charge in [-0.15, -0.1) is 0 Å². The molecule has 0 N–H and O–H groups in total. The topological polar surface area (TPSA) is 38.7 Å². The van der Waals surface area contributed by atoms with Gasteiger partial charge in [-0.3, -0.25) is 4.99 Å². The molecule has 3 nitrogen and oxygen atoms in total. The zero-order chi connectivity index (χ0) is 16.0. The number of carbonyl (C=O) groups excluding carboxylic acids is 1. The third kappa shape index (κ3) is 2.25. The van der Waals surface area contributed by atoms with Crippen molar-refractivity contribution in [2.45, 2.75) is 44.8 Å². The standard InChI is InChI=1S/C20H23NO2/c1-13(2)18-17(15-6-4-3-5-7-15)21-20(19(22)23-18)12-14-8-10-16(20)11-9-14/h3-8,10,13-14,16,18H,9,11-12H2,1-2H3/t14?,16?,18-,20+/m0/s1. The van der Waals surface area contributed by atoms with Crippen molar-refractivity contribution in [3.05, 3.63) is 48.0 Å². The molecule has 4 aliphatic rings. The van der Waals surface area contributed by atoms with E-state index in [1.807, 2.05) is 18.2 Å². The van der Waals surface area contributed by atoms with Crippen molar-refractivity contribution in [3.63, 3.8) is 0 Å². The van der Waals surface area contributed by atoms with Crippen molar-refractivity contribution in [2.75, 3.05) is 0 Å². The molecule has 5 rings (SSSR count). The number of esters is 1. The van der Waals surface area contributed by atoms with Gasteiger partial charge < -0.3 is 4.74 Å². The van der Waals surface area contributed by atoms with Gasteiger partial charge in [0.05, 0.1) is 5.71 Å². The number of allylic oxidation sites excluding steroid dienone is 1. The summed E-state index contributed by atoms with van der Waals surface area (Å²) >= 11 is 0. The van der Waals surface area contributed by atoms with Gasteiger partial charge in [0.2, 0.25) is 0 Å². The number of benzene rings is 1. The first-order valence-corrected chi connectivity index (χ1v) is 8.65. The number of fused-ring (bicyclic) bond motifs is 1. The Hall–Kier alpha value is -1.90. The summed E-state index contributed by atoms with van der Waals surface area (Å²) in [6, 6.07) is 10.2. The zero-order valence-corrected chi connectivity index (χ0v) is 13.7. The molecule has 0 amide bonds. The number of cyclic esters (lactones) is 1.